The first-order chi connectivity index (χ1) is 9.04. The van der Waals surface area contributed by atoms with Gasteiger partial charge in [0.15, 0.2) is 0 Å². The zero-order chi connectivity index (χ0) is 13.9. The van der Waals surface area contributed by atoms with Crippen LogP contribution in [0.5, 0.6) is 0 Å². The van der Waals surface area contributed by atoms with Gasteiger partial charge in [0.25, 0.3) is 5.91 Å². The van der Waals surface area contributed by atoms with Gasteiger partial charge in [-0.15, -0.1) is 11.8 Å². The summed E-state index contributed by atoms with van der Waals surface area (Å²) >= 11 is 7.73. The highest BCUT2D eigenvalue weighted by Gasteiger charge is 2.29. The SMILES string of the molecule is CSc1ccc(Cl)c(C(=O)NC2(C)CCNCC2)c1. The first-order valence-corrected chi connectivity index (χ1v) is 8.01. The van der Waals surface area contributed by atoms with Crippen LogP contribution in [0.15, 0.2) is 23.1 Å². The molecule has 0 aliphatic carbocycles. The zero-order valence-corrected chi connectivity index (χ0v) is 12.8. The van der Waals surface area contributed by atoms with E-state index in [4.69, 9.17) is 11.6 Å². The van der Waals surface area contributed by atoms with Gasteiger partial charge in [0, 0.05) is 10.4 Å². The number of carbonyl (C=O) groups is 1. The molecule has 1 amide bonds. The van der Waals surface area contributed by atoms with Gasteiger partial charge in [-0.05, 0) is 57.3 Å². The Morgan fingerprint density at radius 3 is 2.74 bits per heavy atom. The van der Waals surface area contributed by atoms with Gasteiger partial charge in [-0.3, -0.25) is 4.79 Å². The Morgan fingerprint density at radius 2 is 2.11 bits per heavy atom. The molecule has 1 aromatic carbocycles. The Bertz CT molecular complexity index is 473. The average Bonchev–Trinajstić information content (AvgIpc) is 2.39. The molecule has 3 nitrogen and oxygen atoms in total. The molecule has 1 fully saturated rings. The van der Waals surface area contributed by atoms with Crippen molar-refractivity contribution in [3.8, 4) is 0 Å². The second-order valence-electron chi connectivity index (χ2n) is 5.11. The summed E-state index contributed by atoms with van der Waals surface area (Å²) in [6.45, 7) is 3.97. The van der Waals surface area contributed by atoms with Gasteiger partial charge in [0.05, 0.1) is 10.6 Å². The Hall–Kier alpha value is -0.710. The number of carbonyl (C=O) groups excluding carboxylic acids is 1. The summed E-state index contributed by atoms with van der Waals surface area (Å²) in [6.07, 6.45) is 3.87. The van der Waals surface area contributed by atoms with Gasteiger partial charge in [0.1, 0.15) is 0 Å². The molecule has 2 rings (SSSR count). The highest BCUT2D eigenvalue weighted by molar-refractivity contribution is 7.98. The van der Waals surface area contributed by atoms with E-state index < -0.39 is 0 Å². The minimum absolute atomic E-state index is 0.0784. The fourth-order valence-corrected chi connectivity index (χ4v) is 2.89. The van der Waals surface area contributed by atoms with Crippen LogP contribution in [0.1, 0.15) is 30.1 Å². The second-order valence-corrected chi connectivity index (χ2v) is 6.40. The third-order valence-electron chi connectivity index (χ3n) is 3.54. The molecule has 1 aromatic rings. The highest BCUT2D eigenvalue weighted by atomic mass is 35.5. The molecule has 0 radical (unpaired) electrons. The van der Waals surface area contributed by atoms with Crippen LogP contribution in [0.3, 0.4) is 0 Å². The fourth-order valence-electron chi connectivity index (χ4n) is 2.25. The van der Waals surface area contributed by atoms with Crippen molar-refractivity contribution in [2.24, 2.45) is 0 Å². The van der Waals surface area contributed by atoms with Gasteiger partial charge in [-0.2, -0.15) is 0 Å². The molecule has 0 spiro atoms. The Morgan fingerprint density at radius 1 is 1.42 bits per heavy atom. The van der Waals surface area contributed by atoms with E-state index in [2.05, 4.69) is 17.6 Å². The minimum Gasteiger partial charge on any atom is -0.347 e. The van der Waals surface area contributed by atoms with Gasteiger partial charge >= 0.3 is 0 Å². The summed E-state index contributed by atoms with van der Waals surface area (Å²) in [4.78, 5) is 13.4. The van der Waals surface area contributed by atoms with Crippen LogP contribution in [0.25, 0.3) is 0 Å². The van der Waals surface area contributed by atoms with Crippen LogP contribution in [-0.4, -0.2) is 30.8 Å². The van der Waals surface area contributed by atoms with E-state index in [0.717, 1.165) is 30.8 Å². The number of piperidine rings is 1. The summed E-state index contributed by atoms with van der Waals surface area (Å²) in [5.74, 6) is -0.0784. The summed E-state index contributed by atoms with van der Waals surface area (Å²) < 4.78 is 0. The summed E-state index contributed by atoms with van der Waals surface area (Å²) in [5.41, 5.74) is 0.425. The van der Waals surface area contributed by atoms with Gasteiger partial charge in [-0.1, -0.05) is 11.6 Å². The number of hydrogen-bond acceptors (Lipinski definition) is 3. The predicted molar refractivity (Wildman–Crippen MR) is 81.2 cm³/mol. The smallest absolute Gasteiger partial charge is 0.253 e. The lowest BCUT2D eigenvalue weighted by atomic mass is 9.90. The molecular formula is C14H19ClN2OS. The second kappa shape index (κ2) is 6.16. The van der Waals surface area contributed by atoms with Gasteiger partial charge < -0.3 is 10.6 Å². The van der Waals surface area contributed by atoms with Crippen LogP contribution >= 0.6 is 23.4 Å². The Labute approximate surface area is 123 Å². The molecule has 1 aliphatic heterocycles. The van der Waals surface area contributed by atoms with Crippen LogP contribution in [0.2, 0.25) is 5.02 Å². The fraction of sp³-hybridized carbons (Fsp3) is 0.500. The molecule has 0 saturated carbocycles. The number of hydrogen-bond donors (Lipinski definition) is 2. The van der Waals surface area contributed by atoms with E-state index in [1.165, 1.54) is 0 Å². The van der Waals surface area contributed by atoms with Crippen molar-refractivity contribution in [3.63, 3.8) is 0 Å². The molecule has 104 valence electrons. The van der Waals surface area contributed by atoms with Crippen molar-refractivity contribution >= 4 is 29.3 Å². The van der Waals surface area contributed by atoms with Crippen molar-refractivity contribution in [2.45, 2.75) is 30.2 Å². The largest absolute Gasteiger partial charge is 0.347 e. The molecule has 1 saturated heterocycles. The van der Waals surface area contributed by atoms with E-state index in [-0.39, 0.29) is 11.4 Å². The standard InChI is InChI=1S/C14H19ClN2OS/c1-14(5-7-16-8-6-14)17-13(18)11-9-10(19-2)3-4-12(11)15/h3-4,9,16H,5-8H2,1-2H3,(H,17,18). The number of nitrogens with one attached hydrogen (secondary N) is 2. The monoisotopic (exact) mass is 298 g/mol. The maximum atomic E-state index is 12.4. The summed E-state index contributed by atoms with van der Waals surface area (Å²) in [5, 5.41) is 6.94. The maximum Gasteiger partial charge on any atom is 0.253 e. The number of halogens is 1. The molecule has 0 atom stereocenters. The van der Waals surface area contributed by atoms with Crippen LogP contribution in [0.4, 0.5) is 0 Å². The third-order valence-corrected chi connectivity index (χ3v) is 4.60. The molecular weight excluding hydrogens is 280 g/mol. The van der Waals surface area contributed by atoms with Crippen LogP contribution < -0.4 is 10.6 Å². The van der Waals surface area contributed by atoms with Gasteiger partial charge in [0.2, 0.25) is 0 Å². The molecule has 5 heteroatoms. The number of thioether (sulfide) groups is 1. The quantitative estimate of drug-likeness (QED) is 0.843. The molecule has 2 N–H and O–H groups in total. The number of rotatable bonds is 3. The van der Waals surface area contributed by atoms with Crippen molar-refractivity contribution in [1.82, 2.24) is 10.6 Å². The van der Waals surface area contributed by atoms with E-state index in [0.29, 0.717) is 10.6 Å². The molecule has 1 aliphatic rings. The first-order valence-electron chi connectivity index (χ1n) is 6.41. The van der Waals surface area contributed by atoms with Crippen molar-refractivity contribution in [2.75, 3.05) is 19.3 Å². The zero-order valence-electron chi connectivity index (χ0n) is 11.3. The lowest BCUT2D eigenvalue weighted by molar-refractivity contribution is 0.0887. The van der Waals surface area contributed by atoms with Crippen LogP contribution in [-0.2, 0) is 0 Å². The first kappa shape index (κ1) is 14.7. The Kier molecular flexibility index (Phi) is 4.76. The molecule has 19 heavy (non-hydrogen) atoms. The lowest BCUT2D eigenvalue weighted by Gasteiger charge is -2.35. The molecule has 0 aromatic heterocycles. The minimum atomic E-state index is -0.138. The lowest BCUT2D eigenvalue weighted by Crippen LogP contribution is -2.52. The summed E-state index contributed by atoms with van der Waals surface area (Å²) in [6, 6.07) is 5.57. The van der Waals surface area contributed by atoms with Crippen molar-refractivity contribution in [1.29, 1.82) is 0 Å². The third kappa shape index (κ3) is 3.65. The van der Waals surface area contributed by atoms with Crippen molar-refractivity contribution < 1.29 is 4.79 Å². The molecule has 1 heterocycles. The summed E-state index contributed by atoms with van der Waals surface area (Å²) in [7, 11) is 0. The van der Waals surface area contributed by atoms with E-state index in [1.807, 2.05) is 18.4 Å². The molecule has 0 unspecified atom stereocenters. The number of benzene rings is 1. The predicted octanol–water partition coefficient (Wildman–Crippen LogP) is 2.93. The topological polar surface area (TPSA) is 41.1 Å². The maximum absolute atomic E-state index is 12.4. The highest BCUT2D eigenvalue weighted by Crippen LogP contribution is 2.24. The van der Waals surface area contributed by atoms with Gasteiger partial charge in [-0.25, -0.2) is 0 Å². The average molecular weight is 299 g/mol. The normalized spacial score (nSPS) is 18.1. The number of amides is 1. The van der Waals surface area contributed by atoms with E-state index in [9.17, 15) is 4.79 Å². The van der Waals surface area contributed by atoms with Crippen LogP contribution in [0, 0.1) is 0 Å². The molecule has 0 bridgehead atoms. The van der Waals surface area contributed by atoms with E-state index >= 15 is 0 Å². The Balaban J connectivity index is 2.15. The van der Waals surface area contributed by atoms with Crippen molar-refractivity contribution in [3.05, 3.63) is 28.8 Å². The van der Waals surface area contributed by atoms with E-state index in [1.54, 1.807) is 17.8 Å².